The standard InChI is InChI=1S/C24H22F2N8/c25-24(26)6-9-33(10-7-24)19-5-8-27-22-21(19)29-23(30-22)20-17-11-14(1-4-18(17)31-32-20)15-12-28-34(13-15)16-2-3-16/h1,4-5,8,11-13,16H,2-3,6-7,9-10H2,(H,31,32)(H,27,29,30). The smallest absolute Gasteiger partial charge is 0.251 e. The number of alkyl halides is 2. The number of aromatic amines is 2. The molecule has 1 aliphatic carbocycles. The first kappa shape index (κ1) is 19.6. The minimum atomic E-state index is -2.60. The second kappa shape index (κ2) is 7.09. The van der Waals surface area contributed by atoms with Crippen LogP contribution in [0.15, 0.2) is 42.9 Å². The fourth-order valence-corrected chi connectivity index (χ4v) is 4.74. The number of pyridine rings is 1. The Hall–Kier alpha value is -3.82. The molecule has 2 aliphatic rings. The van der Waals surface area contributed by atoms with Gasteiger partial charge in [-0.25, -0.2) is 18.7 Å². The first-order chi connectivity index (χ1) is 16.5. The third-order valence-corrected chi connectivity index (χ3v) is 6.84. The maximum absolute atomic E-state index is 13.7. The van der Waals surface area contributed by atoms with Crippen LogP contribution in [0.4, 0.5) is 14.5 Å². The summed E-state index contributed by atoms with van der Waals surface area (Å²) < 4.78 is 29.4. The van der Waals surface area contributed by atoms with Crippen LogP contribution in [0.2, 0.25) is 0 Å². The predicted octanol–water partition coefficient (Wildman–Crippen LogP) is 4.94. The molecule has 0 radical (unpaired) electrons. The van der Waals surface area contributed by atoms with E-state index >= 15 is 0 Å². The van der Waals surface area contributed by atoms with Crippen molar-refractivity contribution in [2.75, 3.05) is 18.0 Å². The fraction of sp³-hybridized carbons (Fsp3) is 0.333. The predicted molar refractivity (Wildman–Crippen MR) is 125 cm³/mol. The minimum absolute atomic E-state index is 0.155. The second-order valence-electron chi connectivity index (χ2n) is 9.23. The topological polar surface area (TPSA) is 91.3 Å². The number of imidazole rings is 1. The number of benzene rings is 1. The summed E-state index contributed by atoms with van der Waals surface area (Å²) in [5.74, 6) is -2.01. The van der Waals surface area contributed by atoms with E-state index < -0.39 is 5.92 Å². The molecule has 0 spiro atoms. The fourth-order valence-electron chi connectivity index (χ4n) is 4.74. The number of anilines is 1. The zero-order chi connectivity index (χ0) is 22.9. The Balaban J connectivity index is 1.27. The van der Waals surface area contributed by atoms with E-state index in [4.69, 9.17) is 4.98 Å². The first-order valence-corrected chi connectivity index (χ1v) is 11.5. The largest absolute Gasteiger partial charge is 0.369 e. The summed E-state index contributed by atoms with van der Waals surface area (Å²) in [7, 11) is 0. The molecule has 10 heteroatoms. The normalized spacial score (nSPS) is 18.2. The Morgan fingerprint density at radius 3 is 2.74 bits per heavy atom. The number of nitrogens with zero attached hydrogens (tertiary/aromatic N) is 6. The first-order valence-electron chi connectivity index (χ1n) is 11.5. The zero-order valence-corrected chi connectivity index (χ0v) is 18.3. The number of aromatic nitrogens is 7. The number of hydrogen-bond acceptors (Lipinski definition) is 5. The van der Waals surface area contributed by atoms with E-state index in [2.05, 4.69) is 43.6 Å². The summed E-state index contributed by atoms with van der Waals surface area (Å²) >= 11 is 0. The lowest BCUT2D eigenvalue weighted by Crippen LogP contribution is -2.39. The van der Waals surface area contributed by atoms with Gasteiger partial charge in [0.25, 0.3) is 5.92 Å². The van der Waals surface area contributed by atoms with Crippen LogP contribution in [0.25, 0.3) is 44.7 Å². The van der Waals surface area contributed by atoms with Gasteiger partial charge in [-0.05, 0) is 36.6 Å². The van der Waals surface area contributed by atoms with Crippen LogP contribution >= 0.6 is 0 Å². The number of H-pyrrole nitrogens is 2. The SMILES string of the molecule is FC1(F)CCN(c2ccnc3[nH]c(-c4n[nH]c5ccc(-c6cnn(C7CC7)c6)cc45)nc23)CC1. The van der Waals surface area contributed by atoms with Crippen molar-refractivity contribution >= 4 is 27.8 Å². The molecule has 2 fully saturated rings. The number of hydrogen-bond donors (Lipinski definition) is 2. The Bertz CT molecular complexity index is 1520. The average Bonchev–Trinajstić information content (AvgIpc) is 3.22. The highest BCUT2D eigenvalue weighted by Gasteiger charge is 2.34. The lowest BCUT2D eigenvalue weighted by Gasteiger charge is -2.33. The van der Waals surface area contributed by atoms with Gasteiger partial charge in [0.1, 0.15) is 11.2 Å². The highest BCUT2D eigenvalue weighted by Crippen LogP contribution is 2.37. The van der Waals surface area contributed by atoms with Crippen molar-refractivity contribution in [3.63, 3.8) is 0 Å². The van der Waals surface area contributed by atoms with Crippen molar-refractivity contribution in [3.05, 3.63) is 42.9 Å². The molecule has 0 unspecified atom stereocenters. The maximum Gasteiger partial charge on any atom is 0.251 e. The zero-order valence-electron chi connectivity index (χ0n) is 18.3. The summed E-state index contributed by atoms with van der Waals surface area (Å²) in [6.45, 7) is 0.578. The molecule has 172 valence electrons. The van der Waals surface area contributed by atoms with Gasteiger partial charge in [0, 0.05) is 49.3 Å². The molecule has 0 bridgehead atoms. The lowest BCUT2D eigenvalue weighted by atomic mass is 10.1. The van der Waals surface area contributed by atoms with Gasteiger partial charge in [0.05, 0.1) is 23.4 Å². The van der Waals surface area contributed by atoms with Crippen LogP contribution < -0.4 is 4.90 Å². The van der Waals surface area contributed by atoms with E-state index in [1.54, 1.807) is 6.20 Å². The van der Waals surface area contributed by atoms with Gasteiger partial charge >= 0.3 is 0 Å². The average molecular weight is 460 g/mol. The van der Waals surface area contributed by atoms with E-state index in [0.717, 1.165) is 27.7 Å². The van der Waals surface area contributed by atoms with Crippen molar-refractivity contribution in [1.29, 1.82) is 0 Å². The maximum atomic E-state index is 13.7. The molecule has 0 amide bonds. The molecule has 5 heterocycles. The molecule has 34 heavy (non-hydrogen) atoms. The van der Waals surface area contributed by atoms with Gasteiger partial charge in [-0.15, -0.1) is 0 Å². The molecule has 1 aliphatic heterocycles. The Morgan fingerprint density at radius 1 is 1.06 bits per heavy atom. The number of piperidine rings is 1. The summed E-state index contributed by atoms with van der Waals surface area (Å²) in [6.07, 6.45) is 7.75. The molecule has 0 atom stereocenters. The number of rotatable bonds is 4. The van der Waals surface area contributed by atoms with Crippen LogP contribution in [0, 0.1) is 0 Å². The molecular formula is C24H22F2N8. The van der Waals surface area contributed by atoms with Crippen molar-refractivity contribution in [1.82, 2.24) is 34.9 Å². The number of nitrogens with one attached hydrogen (secondary N) is 2. The van der Waals surface area contributed by atoms with Crippen LogP contribution in [-0.4, -0.2) is 53.9 Å². The summed E-state index contributed by atoms with van der Waals surface area (Å²) in [4.78, 5) is 14.5. The van der Waals surface area contributed by atoms with E-state index in [1.165, 1.54) is 12.8 Å². The second-order valence-corrected chi connectivity index (χ2v) is 9.23. The van der Waals surface area contributed by atoms with Gasteiger partial charge in [-0.3, -0.25) is 9.78 Å². The van der Waals surface area contributed by atoms with Crippen molar-refractivity contribution in [2.24, 2.45) is 0 Å². The Kier molecular flexibility index (Phi) is 4.09. The van der Waals surface area contributed by atoms with E-state index in [-0.39, 0.29) is 25.9 Å². The molecule has 1 saturated carbocycles. The van der Waals surface area contributed by atoms with Crippen molar-refractivity contribution in [2.45, 2.75) is 37.6 Å². The molecule has 2 N–H and O–H groups in total. The van der Waals surface area contributed by atoms with Crippen LogP contribution in [0.3, 0.4) is 0 Å². The van der Waals surface area contributed by atoms with Gasteiger partial charge in [-0.1, -0.05) is 6.07 Å². The number of fused-ring (bicyclic) bond motifs is 2. The van der Waals surface area contributed by atoms with E-state index in [0.29, 0.717) is 28.7 Å². The van der Waals surface area contributed by atoms with Gasteiger partial charge in [0.2, 0.25) is 0 Å². The van der Waals surface area contributed by atoms with Crippen LogP contribution in [-0.2, 0) is 0 Å². The van der Waals surface area contributed by atoms with E-state index in [9.17, 15) is 8.78 Å². The quantitative estimate of drug-likeness (QED) is 0.397. The van der Waals surface area contributed by atoms with Gasteiger partial charge < -0.3 is 9.88 Å². The summed E-state index contributed by atoms with van der Waals surface area (Å²) in [6, 6.07) is 8.54. The molecule has 7 rings (SSSR count). The molecule has 4 aromatic heterocycles. The highest BCUT2D eigenvalue weighted by molar-refractivity contribution is 5.96. The molecule has 1 saturated heterocycles. The third-order valence-electron chi connectivity index (χ3n) is 6.84. The summed E-state index contributed by atoms with van der Waals surface area (Å²) in [5, 5.41) is 13.1. The molecule has 1 aromatic carbocycles. The molecular weight excluding hydrogens is 438 g/mol. The Morgan fingerprint density at radius 2 is 1.91 bits per heavy atom. The van der Waals surface area contributed by atoms with Crippen LogP contribution in [0.1, 0.15) is 31.7 Å². The minimum Gasteiger partial charge on any atom is -0.369 e. The molecule has 5 aromatic rings. The van der Waals surface area contributed by atoms with Gasteiger partial charge in [0.15, 0.2) is 11.5 Å². The Labute approximate surface area is 193 Å². The van der Waals surface area contributed by atoms with Crippen LogP contribution in [0.5, 0.6) is 0 Å². The molecule has 8 nitrogen and oxygen atoms in total. The lowest BCUT2D eigenvalue weighted by molar-refractivity contribution is -0.0220. The summed E-state index contributed by atoms with van der Waals surface area (Å²) in [5.41, 5.74) is 5.82. The third kappa shape index (κ3) is 3.24. The van der Waals surface area contributed by atoms with Gasteiger partial charge in [-0.2, -0.15) is 10.2 Å². The van der Waals surface area contributed by atoms with Crippen molar-refractivity contribution < 1.29 is 8.78 Å². The highest BCUT2D eigenvalue weighted by atomic mass is 19.3. The monoisotopic (exact) mass is 460 g/mol. The van der Waals surface area contributed by atoms with Crippen molar-refractivity contribution in [3.8, 4) is 22.6 Å². The van der Waals surface area contributed by atoms with E-state index in [1.807, 2.05) is 27.9 Å². The number of halogens is 2.